The van der Waals surface area contributed by atoms with Gasteiger partial charge in [0.15, 0.2) is 0 Å². The van der Waals surface area contributed by atoms with Crippen molar-refractivity contribution in [1.82, 2.24) is 9.62 Å². The second-order valence-electron chi connectivity index (χ2n) is 6.63. The lowest BCUT2D eigenvalue weighted by molar-refractivity contribution is 0.0729. The summed E-state index contributed by atoms with van der Waals surface area (Å²) in [4.78, 5) is 15.2. The third-order valence-electron chi connectivity index (χ3n) is 4.53. The lowest BCUT2D eigenvalue weighted by Gasteiger charge is -2.24. The maximum Gasteiger partial charge on any atom is 0.254 e. The van der Waals surface area contributed by atoms with Gasteiger partial charge in [-0.3, -0.25) is 4.79 Å². The lowest BCUT2D eigenvalue weighted by atomic mass is 10.1. The number of nitrogens with zero attached hydrogens (tertiary/aromatic N) is 1. The molecule has 1 fully saturated rings. The number of hydrogen-bond acceptors (Lipinski definition) is 3. The number of hydrogen-bond donors (Lipinski definition) is 1. The highest BCUT2D eigenvalue weighted by molar-refractivity contribution is 7.89. The van der Waals surface area contributed by atoms with Crippen LogP contribution in [0.4, 0.5) is 0 Å². The highest BCUT2D eigenvalue weighted by atomic mass is 32.2. The zero-order chi connectivity index (χ0) is 18.7. The topological polar surface area (TPSA) is 66.5 Å². The first-order chi connectivity index (χ1) is 12.4. The van der Waals surface area contributed by atoms with Gasteiger partial charge in [-0.25, -0.2) is 13.1 Å². The maximum atomic E-state index is 13.2. The molecule has 0 saturated heterocycles. The van der Waals surface area contributed by atoms with E-state index in [2.05, 4.69) is 4.72 Å². The highest BCUT2D eigenvalue weighted by Crippen LogP contribution is 2.31. The number of sulfonamides is 1. The van der Waals surface area contributed by atoms with Gasteiger partial charge in [0, 0.05) is 24.7 Å². The maximum absolute atomic E-state index is 13.2. The Morgan fingerprint density at radius 2 is 1.85 bits per heavy atom. The predicted octanol–water partition coefficient (Wildman–Crippen LogP) is 3.10. The smallest absolute Gasteiger partial charge is 0.254 e. The molecular formula is C20H24N2O3S. The molecule has 0 atom stereocenters. The summed E-state index contributed by atoms with van der Waals surface area (Å²) in [5.74, 6) is -0.109. The number of nitrogens with one attached hydrogen (secondary N) is 1. The molecule has 1 saturated carbocycles. The zero-order valence-electron chi connectivity index (χ0n) is 15.1. The predicted molar refractivity (Wildman–Crippen MR) is 101 cm³/mol. The summed E-state index contributed by atoms with van der Waals surface area (Å²) in [5, 5.41) is 0. The fraction of sp³-hybridized carbons (Fsp3) is 0.350. The Hall–Kier alpha value is -2.18. The van der Waals surface area contributed by atoms with Crippen molar-refractivity contribution >= 4 is 15.9 Å². The highest BCUT2D eigenvalue weighted by Gasteiger charge is 2.34. The molecule has 1 amide bonds. The molecule has 26 heavy (non-hydrogen) atoms. The summed E-state index contributed by atoms with van der Waals surface area (Å²) in [6.45, 7) is 4.41. The molecule has 0 aromatic heterocycles. The second-order valence-corrected chi connectivity index (χ2v) is 8.39. The summed E-state index contributed by atoms with van der Waals surface area (Å²) >= 11 is 0. The van der Waals surface area contributed by atoms with Crippen molar-refractivity contribution in [2.75, 3.05) is 6.54 Å². The van der Waals surface area contributed by atoms with Crippen LogP contribution in [0.1, 0.15) is 41.3 Å². The number of rotatable bonds is 7. The molecule has 1 N–H and O–H groups in total. The SMILES string of the molecule is CCNS(=O)(=O)c1ccc(C)c(C(=O)N(Cc2ccccc2)C2CC2)c1. The Morgan fingerprint density at radius 1 is 1.15 bits per heavy atom. The Morgan fingerprint density at radius 3 is 2.46 bits per heavy atom. The van der Waals surface area contributed by atoms with Crippen molar-refractivity contribution in [2.45, 2.75) is 44.2 Å². The van der Waals surface area contributed by atoms with Crippen molar-refractivity contribution in [3.8, 4) is 0 Å². The quantitative estimate of drug-likeness (QED) is 0.812. The average molecular weight is 372 g/mol. The molecular weight excluding hydrogens is 348 g/mol. The summed E-state index contributed by atoms with van der Waals surface area (Å²) in [6, 6.07) is 14.8. The van der Waals surface area contributed by atoms with Gasteiger partial charge >= 0.3 is 0 Å². The molecule has 0 spiro atoms. The Bertz CT molecular complexity index is 891. The van der Waals surface area contributed by atoms with Crippen LogP contribution >= 0.6 is 0 Å². The first-order valence-corrected chi connectivity index (χ1v) is 10.4. The molecule has 0 aliphatic heterocycles. The molecule has 0 bridgehead atoms. The van der Waals surface area contributed by atoms with Crippen LogP contribution in [0.5, 0.6) is 0 Å². The van der Waals surface area contributed by atoms with Crippen LogP contribution in [-0.2, 0) is 16.6 Å². The third kappa shape index (κ3) is 4.14. The van der Waals surface area contributed by atoms with Gasteiger partial charge in [0.05, 0.1) is 4.90 Å². The van der Waals surface area contributed by atoms with Crippen LogP contribution in [0.15, 0.2) is 53.4 Å². The Kier molecular flexibility index (Phi) is 5.44. The standard InChI is InChI=1S/C20H24N2O3S/c1-3-21-26(24,25)18-12-9-15(2)19(13-18)20(23)22(17-10-11-17)14-16-7-5-4-6-8-16/h4-9,12-13,17,21H,3,10-11,14H2,1-2H3. The lowest BCUT2D eigenvalue weighted by Crippen LogP contribution is -2.33. The van der Waals surface area contributed by atoms with Gasteiger partial charge in [-0.15, -0.1) is 0 Å². The van der Waals surface area contributed by atoms with Gasteiger partial charge in [0.2, 0.25) is 10.0 Å². The van der Waals surface area contributed by atoms with Crippen molar-refractivity contribution in [3.63, 3.8) is 0 Å². The van der Waals surface area contributed by atoms with E-state index in [4.69, 9.17) is 0 Å². The van der Waals surface area contributed by atoms with Crippen molar-refractivity contribution in [3.05, 3.63) is 65.2 Å². The van der Waals surface area contributed by atoms with E-state index >= 15 is 0 Å². The van der Waals surface area contributed by atoms with E-state index < -0.39 is 10.0 Å². The van der Waals surface area contributed by atoms with E-state index in [0.29, 0.717) is 18.7 Å². The zero-order valence-corrected chi connectivity index (χ0v) is 15.9. The minimum atomic E-state index is -3.59. The third-order valence-corrected chi connectivity index (χ3v) is 6.07. The van der Waals surface area contributed by atoms with Gasteiger partial charge in [0.1, 0.15) is 0 Å². The van der Waals surface area contributed by atoms with Crippen molar-refractivity contribution in [2.24, 2.45) is 0 Å². The van der Waals surface area contributed by atoms with E-state index in [1.807, 2.05) is 42.2 Å². The molecule has 0 unspecified atom stereocenters. The summed E-state index contributed by atoms with van der Waals surface area (Å²) in [5.41, 5.74) is 2.30. The minimum absolute atomic E-state index is 0.109. The van der Waals surface area contributed by atoms with Crippen molar-refractivity contribution in [1.29, 1.82) is 0 Å². The fourth-order valence-electron chi connectivity index (χ4n) is 2.96. The van der Waals surface area contributed by atoms with E-state index in [-0.39, 0.29) is 16.8 Å². The molecule has 0 radical (unpaired) electrons. The number of aryl methyl sites for hydroxylation is 1. The van der Waals surface area contributed by atoms with Gasteiger partial charge in [0.25, 0.3) is 5.91 Å². The fourth-order valence-corrected chi connectivity index (χ4v) is 4.03. The molecule has 138 valence electrons. The van der Waals surface area contributed by atoms with Crippen LogP contribution in [0, 0.1) is 6.92 Å². The first-order valence-electron chi connectivity index (χ1n) is 8.87. The number of carbonyl (C=O) groups excluding carboxylic acids is 1. The molecule has 1 aliphatic rings. The molecule has 5 nitrogen and oxygen atoms in total. The molecule has 1 aliphatic carbocycles. The summed E-state index contributed by atoms with van der Waals surface area (Å²) < 4.78 is 27.1. The van der Waals surface area contributed by atoms with Gasteiger partial charge in [-0.05, 0) is 43.0 Å². The van der Waals surface area contributed by atoms with Gasteiger partial charge in [-0.2, -0.15) is 0 Å². The number of amides is 1. The van der Waals surface area contributed by atoms with E-state index in [0.717, 1.165) is 24.0 Å². The van der Waals surface area contributed by atoms with Crippen LogP contribution in [0.2, 0.25) is 0 Å². The monoisotopic (exact) mass is 372 g/mol. The molecule has 6 heteroatoms. The Balaban J connectivity index is 1.92. The van der Waals surface area contributed by atoms with E-state index in [1.54, 1.807) is 19.1 Å². The number of carbonyl (C=O) groups is 1. The van der Waals surface area contributed by atoms with Gasteiger partial charge < -0.3 is 4.90 Å². The molecule has 0 heterocycles. The van der Waals surface area contributed by atoms with Crippen LogP contribution in [0.25, 0.3) is 0 Å². The van der Waals surface area contributed by atoms with Gasteiger partial charge in [-0.1, -0.05) is 43.3 Å². The van der Waals surface area contributed by atoms with Crippen molar-refractivity contribution < 1.29 is 13.2 Å². The largest absolute Gasteiger partial charge is 0.331 e. The molecule has 3 rings (SSSR count). The van der Waals surface area contributed by atoms with Crippen LogP contribution in [0.3, 0.4) is 0 Å². The molecule has 2 aromatic rings. The minimum Gasteiger partial charge on any atom is -0.331 e. The van der Waals surface area contributed by atoms with E-state index in [1.165, 1.54) is 6.07 Å². The van der Waals surface area contributed by atoms with Crippen LogP contribution < -0.4 is 4.72 Å². The summed E-state index contributed by atoms with van der Waals surface area (Å²) in [7, 11) is -3.59. The second kappa shape index (κ2) is 7.60. The van der Waals surface area contributed by atoms with E-state index in [9.17, 15) is 13.2 Å². The average Bonchev–Trinajstić information content (AvgIpc) is 3.45. The number of benzene rings is 2. The first kappa shape index (κ1) is 18.6. The molecule has 2 aromatic carbocycles. The Labute approximate surface area is 155 Å². The summed E-state index contributed by atoms with van der Waals surface area (Å²) in [6.07, 6.45) is 1.99. The normalized spacial score (nSPS) is 14.2. The van der Waals surface area contributed by atoms with Crippen LogP contribution in [-0.4, -0.2) is 31.8 Å².